The maximum absolute atomic E-state index is 12.0. The van der Waals surface area contributed by atoms with Crippen molar-refractivity contribution in [2.45, 2.75) is 59.5 Å². The van der Waals surface area contributed by atoms with E-state index in [0.29, 0.717) is 11.5 Å². The fourth-order valence-electron chi connectivity index (χ4n) is 2.26. The minimum atomic E-state index is -0.661. The van der Waals surface area contributed by atoms with Crippen molar-refractivity contribution < 1.29 is 14.3 Å². The van der Waals surface area contributed by atoms with Gasteiger partial charge in [-0.3, -0.25) is 4.79 Å². The average Bonchev–Trinajstić information content (AvgIpc) is 3.35. The molecule has 0 unspecified atom stereocenters. The lowest BCUT2D eigenvalue weighted by Crippen LogP contribution is -2.35. The largest absolute Gasteiger partial charge is 0.444 e. The first-order chi connectivity index (χ1) is 12.2. The van der Waals surface area contributed by atoms with Crippen LogP contribution in [0.15, 0.2) is 40.4 Å². The third-order valence-corrected chi connectivity index (χ3v) is 3.48. The normalized spacial score (nSPS) is 16.7. The molecular weight excluding hydrogens is 330 g/mol. The molecule has 1 rings (SSSR count). The number of carbonyl (C=O) groups excluding carboxylic acids is 2. The van der Waals surface area contributed by atoms with Gasteiger partial charge < -0.3 is 15.8 Å². The van der Waals surface area contributed by atoms with Gasteiger partial charge >= 0.3 is 6.09 Å². The molecule has 26 heavy (non-hydrogen) atoms. The van der Waals surface area contributed by atoms with E-state index in [0.717, 1.165) is 6.42 Å². The number of ether oxygens (including phenoxy) is 1. The number of amides is 2. The number of allylic oxidation sites excluding steroid dienone is 4. The first-order valence-electron chi connectivity index (χ1n) is 9.05. The second kappa shape index (κ2) is 9.94. The fraction of sp³-hybridized carbons (Fsp3) is 0.550. The van der Waals surface area contributed by atoms with Crippen LogP contribution in [0.4, 0.5) is 4.79 Å². The Hall–Kier alpha value is -2.37. The third-order valence-electron chi connectivity index (χ3n) is 3.48. The number of hydrogen-bond acceptors (Lipinski definition) is 3. The van der Waals surface area contributed by atoms with Crippen LogP contribution < -0.4 is 11.1 Å². The topological polar surface area (TPSA) is 93.8 Å². The van der Waals surface area contributed by atoms with Crippen LogP contribution in [-0.4, -0.2) is 30.0 Å². The van der Waals surface area contributed by atoms with E-state index in [1.165, 1.54) is 18.4 Å². The number of carbonyl (C=O) groups is 2. The van der Waals surface area contributed by atoms with Crippen LogP contribution >= 0.6 is 0 Å². The molecule has 0 aromatic carbocycles. The molecule has 6 nitrogen and oxygen atoms in total. The molecule has 0 radical (unpaired) electrons. The molecule has 0 atom stereocenters. The van der Waals surface area contributed by atoms with E-state index in [-0.39, 0.29) is 12.4 Å². The molecule has 0 heterocycles. The van der Waals surface area contributed by atoms with Crippen molar-refractivity contribution in [3.63, 3.8) is 0 Å². The summed E-state index contributed by atoms with van der Waals surface area (Å²) in [6.07, 6.45) is 10.5. The Labute approximate surface area is 156 Å². The summed E-state index contributed by atoms with van der Waals surface area (Å²) in [4.78, 5) is 27.5. The number of aliphatic imine (C=N–C) groups is 1. The predicted molar refractivity (Wildman–Crippen MR) is 105 cm³/mol. The molecule has 0 aromatic heterocycles. The molecule has 1 saturated carbocycles. The lowest BCUT2D eigenvalue weighted by atomic mass is 10.0. The third kappa shape index (κ3) is 8.65. The first-order valence-corrected chi connectivity index (χ1v) is 9.05. The summed E-state index contributed by atoms with van der Waals surface area (Å²) in [7, 11) is 0. The zero-order valence-corrected chi connectivity index (χ0v) is 16.5. The van der Waals surface area contributed by atoms with Crippen LogP contribution in [0.3, 0.4) is 0 Å². The number of nitrogens with zero attached hydrogens (tertiary/aromatic N) is 1. The van der Waals surface area contributed by atoms with Crippen molar-refractivity contribution in [2.75, 3.05) is 6.54 Å². The second-order valence-corrected chi connectivity index (χ2v) is 7.23. The summed E-state index contributed by atoms with van der Waals surface area (Å²) in [6, 6.07) is 0. The molecule has 6 heteroatoms. The van der Waals surface area contributed by atoms with Gasteiger partial charge in [0.15, 0.2) is 0 Å². The van der Waals surface area contributed by atoms with Gasteiger partial charge in [-0.25, -0.2) is 4.79 Å². The Morgan fingerprint density at radius 1 is 1.31 bits per heavy atom. The van der Waals surface area contributed by atoms with Crippen molar-refractivity contribution >= 4 is 17.8 Å². The number of nitrogens with one attached hydrogen (secondary N) is 1. The zero-order chi connectivity index (χ0) is 19.7. The average molecular weight is 361 g/mol. The minimum Gasteiger partial charge on any atom is -0.444 e. The molecule has 0 aliphatic heterocycles. The lowest BCUT2D eigenvalue weighted by molar-refractivity contribution is -0.117. The number of hydrogen-bond donors (Lipinski definition) is 2. The zero-order valence-electron chi connectivity index (χ0n) is 16.5. The van der Waals surface area contributed by atoms with Gasteiger partial charge in [0.1, 0.15) is 18.0 Å². The molecule has 1 fully saturated rings. The Morgan fingerprint density at radius 3 is 2.46 bits per heavy atom. The maximum Gasteiger partial charge on any atom is 0.408 e. The van der Waals surface area contributed by atoms with E-state index >= 15 is 0 Å². The molecular formula is C20H31N3O3. The van der Waals surface area contributed by atoms with Gasteiger partial charge in [0.25, 0.3) is 5.91 Å². The van der Waals surface area contributed by atoms with Crippen LogP contribution in [0, 0.1) is 5.92 Å². The van der Waals surface area contributed by atoms with E-state index in [1.54, 1.807) is 20.8 Å². The summed E-state index contributed by atoms with van der Waals surface area (Å²) in [5.41, 5.74) is 7.33. The van der Waals surface area contributed by atoms with Gasteiger partial charge in [0, 0.05) is 5.57 Å². The molecule has 0 spiro atoms. The van der Waals surface area contributed by atoms with E-state index in [2.05, 4.69) is 23.3 Å². The summed E-state index contributed by atoms with van der Waals surface area (Å²) in [6.45, 7) is 8.96. The Morgan fingerprint density at radius 2 is 1.96 bits per heavy atom. The van der Waals surface area contributed by atoms with Crippen LogP contribution in [0.25, 0.3) is 0 Å². The molecule has 0 aromatic rings. The van der Waals surface area contributed by atoms with Crippen molar-refractivity contribution in [3.8, 4) is 0 Å². The Balaban J connectivity index is 2.78. The Bertz CT molecular complexity index is 633. The Kier molecular flexibility index (Phi) is 8.29. The van der Waals surface area contributed by atoms with E-state index in [1.807, 2.05) is 25.2 Å². The van der Waals surface area contributed by atoms with Crippen molar-refractivity contribution in [1.82, 2.24) is 5.32 Å². The number of amidine groups is 1. The highest BCUT2D eigenvalue weighted by Gasteiger charge is 2.24. The van der Waals surface area contributed by atoms with Gasteiger partial charge in [-0.15, -0.1) is 0 Å². The summed E-state index contributed by atoms with van der Waals surface area (Å²) in [5, 5.41) is 2.38. The molecule has 2 amide bonds. The number of rotatable bonds is 7. The molecule has 0 bridgehead atoms. The van der Waals surface area contributed by atoms with Gasteiger partial charge in [0.05, 0.1) is 0 Å². The molecule has 0 saturated heterocycles. The highest BCUT2D eigenvalue weighted by atomic mass is 16.6. The molecule has 1 aliphatic carbocycles. The molecule has 3 N–H and O–H groups in total. The first kappa shape index (κ1) is 21.7. The fourth-order valence-corrected chi connectivity index (χ4v) is 2.26. The highest BCUT2D eigenvalue weighted by molar-refractivity contribution is 6.06. The number of alkyl carbamates (subject to hydrolysis) is 1. The highest BCUT2D eigenvalue weighted by Crippen LogP contribution is 2.37. The lowest BCUT2D eigenvalue weighted by Gasteiger charge is -2.19. The monoisotopic (exact) mass is 361 g/mol. The van der Waals surface area contributed by atoms with E-state index in [4.69, 9.17) is 10.5 Å². The van der Waals surface area contributed by atoms with E-state index in [9.17, 15) is 9.59 Å². The van der Waals surface area contributed by atoms with Crippen molar-refractivity contribution in [2.24, 2.45) is 16.6 Å². The van der Waals surface area contributed by atoms with Crippen LogP contribution in [0.5, 0.6) is 0 Å². The quantitative estimate of drug-likeness (QED) is 0.411. The van der Waals surface area contributed by atoms with Gasteiger partial charge in [0.2, 0.25) is 0 Å². The molecule has 144 valence electrons. The maximum atomic E-state index is 12.0. The van der Waals surface area contributed by atoms with Crippen LogP contribution in [-0.2, 0) is 9.53 Å². The predicted octanol–water partition coefficient (Wildman–Crippen LogP) is 3.64. The second-order valence-electron chi connectivity index (χ2n) is 7.23. The SMILES string of the molecule is C\C=C/C(=C\C(=C\CC)C1CC1)C(N)=NC(=O)CNC(=O)OC(C)(C)C. The standard InChI is InChI=1S/C20H31N3O3/c1-6-8-15(14-10-11-14)12-16(9-7-2)18(21)23-17(24)13-22-19(25)26-20(3,4)5/h7-9,12,14H,6,10-11,13H2,1-5H3,(H,22,25)(H2,21,23,24)/b9-7-,15-8-,16-12+. The summed E-state index contributed by atoms with van der Waals surface area (Å²) in [5.74, 6) is 0.186. The van der Waals surface area contributed by atoms with Gasteiger partial charge in [-0.1, -0.05) is 25.2 Å². The van der Waals surface area contributed by atoms with Crippen LogP contribution in [0.2, 0.25) is 0 Å². The smallest absolute Gasteiger partial charge is 0.408 e. The van der Waals surface area contributed by atoms with Crippen molar-refractivity contribution in [3.05, 3.63) is 35.5 Å². The summed E-state index contributed by atoms with van der Waals surface area (Å²) < 4.78 is 5.08. The molecule has 1 aliphatic rings. The van der Waals surface area contributed by atoms with Gasteiger partial charge in [-0.05, 0) is 64.5 Å². The summed E-state index contributed by atoms with van der Waals surface area (Å²) >= 11 is 0. The number of nitrogens with two attached hydrogens (primary N) is 1. The van der Waals surface area contributed by atoms with Crippen molar-refractivity contribution in [1.29, 1.82) is 0 Å². The van der Waals surface area contributed by atoms with E-state index < -0.39 is 17.6 Å². The minimum absolute atomic E-state index is 0.141. The van der Waals surface area contributed by atoms with Crippen LogP contribution in [0.1, 0.15) is 53.9 Å². The van der Waals surface area contributed by atoms with Gasteiger partial charge in [-0.2, -0.15) is 4.99 Å².